The molecule has 0 aromatic heterocycles. The van der Waals surface area contributed by atoms with E-state index < -0.39 is 0 Å². The minimum Gasteiger partial charge on any atom is -0.367 e. The Bertz CT molecular complexity index is 738. The summed E-state index contributed by atoms with van der Waals surface area (Å²) in [6, 6.07) is 6.83. The standard InChI is InChI=1S/C20H29ClN6/c1-14-2-3-18(21)15(10-14)13-27-9-8-23-20-19(27)11-17(25-26-20)12-24-16-4-6-22-7-5-16/h2-3,10-11,16,22-26H,4-9,12-13H2,1H3. The summed E-state index contributed by atoms with van der Waals surface area (Å²) >= 11 is 6.44. The molecule has 7 heteroatoms. The lowest BCUT2D eigenvalue weighted by molar-refractivity contribution is 0.304. The van der Waals surface area contributed by atoms with Crippen molar-refractivity contribution in [1.82, 2.24) is 31.7 Å². The van der Waals surface area contributed by atoms with Gasteiger partial charge in [0.15, 0.2) is 0 Å². The second kappa shape index (κ2) is 8.42. The Balaban J connectivity index is 1.46. The maximum Gasteiger partial charge on any atom is 0.142 e. The number of nitrogens with zero attached hydrogens (tertiary/aromatic N) is 1. The van der Waals surface area contributed by atoms with Gasteiger partial charge >= 0.3 is 0 Å². The van der Waals surface area contributed by atoms with Gasteiger partial charge < -0.3 is 26.3 Å². The summed E-state index contributed by atoms with van der Waals surface area (Å²) in [5.74, 6) is 1.04. The largest absolute Gasteiger partial charge is 0.367 e. The van der Waals surface area contributed by atoms with Crippen molar-refractivity contribution in [3.05, 3.63) is 57.6 Å². The van der Waals surface area contributed by atoms with Crippen molar-refractivity contribution in [2.45, 2.75) is 32.4 Å². The average molecular weight is 389 g/mol. The zero-order chi connectivity index (χ0) is 18.6. The van der Waals surface area contributed by atoms with Gasteiger partial charge in [-0.15, -0.1) is 0 Å². The maximum absolute atomic E-state index is 6.44. The highest BCUT2D eigenvalue weighted by Gasteiger charge is 2.23. The van der Waals surface area contributed by atoms with Crippen LogP contribution in [0.3, 0.4) is 0 Å². The Morgan fingerprint density at radius 1 is 1.19 bits per heavy atom. The number of allylic oxidation sites excluding steroid dienone is 1. The van der Waals surface area contributed by atoms with E-state index >= 15 is 0 Å². The van der Waals surface area contributed by atoms with E-state index in [9.17, 15) is 0 Å². The molecule has 27 heavy (non-hydrogen) atoms. The van der Waals surface area contributed by atoms with E-state index in [1.54, 1.807) is 0 Å². The van der Waals surface area contributed by atoms with Crippen LogP contribution in [-0.2, 0) is 6.54 Å². The minimum absolute atomic E-state index is 0.594. The molecule has 5 N–H and O–H groups in total. The molecule has 0 saturated carbocycles. The lowest BCUT2D eigenvalue weighted by atomic mass is 10.1. The highest BCUT2D eigenvalue weighted by Crippen LogP contribution is 2.24. The van der Waals surface area contributed by atoms with Gasteiger partial charge in [0, 0.05) is 42.9 Å². The first-order valence-electron chi connectivity index (χ1n) is 9.84. The third-order valence-corrected chi connectivity index (χ3v) is 5.79. The Labute approximate surface area is 166 Å². The number of hydrazine groups is 1. The third kappa shape index (κ3) is 4.51. The van der Waals surface area contributed by atoms with E-state index in [1.165, 1.54) is 29.7 Å². The Hall–Kier alpha value is -1.89. The van der Waals surface area contributed by atoms with E-state index in [2.05, 4.69) is 56.8 Å². The number of hydrogen-bond acceptors (Lipinski definition) is 6. The van der Waals surface area contributed by atoms with E-state index in [1.807, 2.05) is 6.07 Å². The summed E-state index contributed by atoms with van der Waals surface area (Å²) in [4.78, 5) is 2.39. The number of nitrogens with one attached hydrogen (secondary N) is 5. The van der Waals surface area contributed by atoms with E-state index in [0.29, 0.717) is 6.04 Å². The van der Waals surface area contributed by atoms with Crippen molar-refractivity contribution in [1.29, 1.82) is 0 Å². The smallest absolute Gasteiger partial charge is 0.142 e. The predicted octanol–water partition coefficient (Wildman–Crippen LogP) is 1.56. The topological polar surface area (TPSA) is 63.4 Å². The number of hydrogen-bond donors (Lipinski definition) is 5. The molecular weight excluding hydrogens is 360 g/mol. The number of rotatable bonds is 5. The first-order chi connectivity index (χ1) is 13.2. The Kier molecular flexibility index (Phi) is 5.76. The van der Waals surface area contributed by atoms with Gasteiger partial charge in [0.05, 0.1) is 5.70 Å². The fourth-order valence-electron chi connectivity index (χ4n) is 3.87. The molecule has 0 spiro atoms. The molecule has 0 unspecified atom stereocenters. The molecule has 4 rings (SSSR count). The highest BCUT2D eigenvalue weighted by atomic mass is 35.5. The van der Waals surface area contributed by atoms with Gasteiger partial charge in [-0.3, -0.25) is 5.43 Å². The molecule has 1 aromatic rings. The van der Waals surface area contributed by atoms with Crippen molar-refractivity contribution in [2.75, 3.05) is 32.7 Å². The summed E-state index contributed by atoms with van der Waals surface area (Å²) in [5, 5.41) is 11.4. The van der Waals surface area contributed by atoms with Crippen molar-refractivity contribution in [2.24, 2.45) is 0 Å². The molecule has 3 heterocycles. The molecule has 3 aliphatic rings. The lowest BCUT2D eigenvalue weighted by Crippen LogP contribution is -2.50. The van der Waals surface area contributed by atoms with Crippen LogP contribution in [0, 0.1) is 6.92 Å². The summed E-state index contributed by atoms with van der Waals surface area (Å²) in [6.45, 7) is 7.84. The molecule has 1 saturated heterocycles. The Morgan fingerprint density at radius 2 is 2.04 bits per heavy atom. The zero-order valence-electron chi connectivity index (χ0n) is 15.9. The van der Waals surface area contributed by atoms with E-state index in [4.69, 9.17) is 11.6 Å². The fraction of sp³-hybridized carbons (Fsp3) is 0.500. The monoisotopic (exact) mass is 388 g/mol. The molecule has 3 aliphatic heterocycles. The van der Waals surface area contributed by atoms with Crippen LogP contribution in [0.4, 0.5) is 0 Å². The SMILES string of the molecule is Cc1ccc(Cl)c(CN2CCNC3=C2C=C(CNC2CCNCC2)NN3)c1. The molecule has 0 aliphatic carbocycles. The van der Waals surface area contributed by atoms with Gasteiger partial charge in [-0.25, -0.2) is 0 Å². The second-order valence-corrected chi connectivity index (χ2v) is 7.94. The zero-order valence-corrected chi connectivity index (χ0v) is 16.6. The summed E-state index contributed by atoms with van der Waals surface area (Å²) in [5.41, 5.74) is 11.4. The van der Waals surface area contributed by atoms with Crippen LogP contribution in [0.2, 0.25) is 5.02 Å². The van der Waals surface area contributed by atoms with Gasteiger partial charge in [-0.2, -0.15) is 0 Å². The number of benzene rings is 1. The predicted molar refractivity (Wildman–Crippen MR) is 110 cm³/mol. The quantitative estimate of drug-likeness (QED) is 0.527. The van der Waals surface area contributed by atoms with Crippen LogP contribution in [0.15, 0.2) is 41.5 Å². The molecule has 0 amide bonds. The van der Waals surface area contributed by atoms with Crippen molar-refractivity contribution < 1.29 is 0 Å². The van der Waals surface area contributed by atoms with Gasteiger partial charge in [0.1, 0.15) is 5.82 Å². The van der Waals surface area contributed by atoms with Crippen LogP contribution in [0.5, 0.6) is 0 Å². The van der Waals surface area contributed by atoms with Crippen molar-refractivity contribution >= 4 is 11.6 Å². The second-order valence-electron chi connectivity index (χ2n) is 7.53. The van der Waals surface area contributed by atoms with E-state index in [-0.39, 0.29) is 0 Å². The van der Waals surface area contributed by atoms with E-state index in [0.717, 1.165) is 55.8 Å². The molecule has 146 valence electrons. The lowest BCUT2D eigenvalue weighted by Gasteiger charge is -2.37. The minimum atomic E-state index is 0.594. The first-order valence-corrected chi connectivity index (χ1v) is 10.2. The molecule has 1 fully saturated rings. The fourth-order valence-corrected chi connectivity index (χ4v) is 4.05. The summed E-state index contributed by atoms with van der Waals surface area (Å²) < 4.78 is 0. The molecule has 6 nitrogen and oxygen atoms in total. The molecule has 0 atom stereocenters. The van der Waals surface area contributed by atoms with Crippen LogP contribution in [-0.4, -0.2) is 43.7 Å². The van der Waals surface area contributed by atoms with Gasteiger partial charge in [-0.1, -0.05) is 29.3 Å². The summed E-state index contributed by atoms with van der Waals surface area (Å²) in [6.07, 6.45) is 4.62. The van der Waals surface area contributed by atoms with Gasteiger partial charge in [0.2, 0.25) is 0 Å². The van der Waals surface area contributed by atoms with Crippen molar-refractivity contribution in [3.63, 3.8) is 0 Å². The van der Waals surface area contributed by atoms with Crippen LogP contribution in [0.1, 0.15) is 24.0 Å². The average Bonchev–Trinajstić information content (AvgIpc) is 2.70. The van der Waals surface area contributed by atoms with Gasteiger partial charge in [0.25, 0.3) is 0 Å². The molecule has 0 bridgehead atoms. The molecule has 1 aromatic carbocycles. The van der Waals surface area contributed by atoms with Crippen LogP contribution >= 0.6 is 11.6 Å². The van der Waals surface area contributed by atoms with Crippen LogP contribution < -0.4 is 26.8 Å². The normalized spacial score (nSPS) is 20.4. The molecular formula is C20H29ClN6. The van der Waals surface area contributed by atoms with Gasteiger partial charge in [-0.05, 0) is 50.6 Å². The highest BCUT2D eigenvalue weighted by molar-refractivity contribution is 6.31. The Morgan fingerprint density at radius 3 is 2.89 bits per heavy atom. The maximum atomic E-state index is 6.44. The molecule has 0 radical (unpaired) electrons. The number of piperidine rings is 1. The third-order valence-electron chi connectivity index (χ3n) is 5.42. The van der Waals surface area contributed by atoms with Crippen molar-refractivity contribution in [3.8, 4) is 0 Å². The number of aryl methyl sites for hydroxylation is 1. The van der Waals surface area contributed by atoms with Crippen LogP contribution in [0.25, 0.3) is 0 Å². The first kappa shape index (κ1) is 18.5. The number of halogens is 1. The summed E-state index contributed by atoms with van der Waals surface area (Å²) in [7, 11) is 0.